The normalized spacial score (nSPS) is 44.2. The minimum absolute atomic E-state index is 0.271. The third kappa shape index (κ3) is 4.83. The predicted molar refractivity (Wildman–Crippen MR) is 168 cm³/mol. The smallest absolute Gasteiger partial charge is 0.101 e. The zero-order chi connectivity index (χ0) is 28.8. The molecule has 2 saturated heterocycles. The summed E-state index contributed by atoms with van der Waals surface area (Å²) < 4.78 is 13.7. The lowest BCUT2D eigenvalue weighted by Crippen LogP contribution is -2.65. The maximum Gasteiger partial charge on any atom is 0.101 e. The molecule has 1 aromatic rings. The summed E-state index contributed by atoms with van der Waals surface area (Å²) in [7, 11) is 0. The number of likely N-dealkylation sites (tertiary alicyclic amines) is 2. The van der Waals surface area contributed by atoms with E-state index in [4.69, 9.17) is 9.47 Å². The first kappa shape index (κ1) is 29.7. The van der Waals surface area contributed by atoms with Gasteiger partial charge in [-0.15, -0.1) is 0 Å². The molecule has 6 fully saturated rings. The van der Waals surface area contributed by atoms with Crippen molar-refractivity contribution in [3.63, 3.8) is 0 Å². The van der Waals surface area contributed by atoms with E-state index in [-0.39, 0.29) is 5.41 Å². The van der Waals surface area contributed by atoms with Gasteiger partial charge in [-0.1, -0.05) is 44.2 Å². The Kier molecular flexibility index (Phi) is 8.31. The van der Waals surface area contributed by atoms with Crippen molar-refractivity contribution in [1.29, 1.82) is 0 Å². The van der Waals surface area contributed by atoms with Crippen LogP contribution in [0.1, 0.15) is 103 Å². The van der Waals surface area contributed by atoms with E-state index in [1.165, 1.54) is 89.5 Å². The SMILES string of the molecule is C[C@]12CC[C@H](OCCN3CCCC3)C[C@@H]1CC[C@@H]1[C@@H]2CC[C@]2(C)[C@](OCCN3CCCC3)(c3ccccc3)CC[C@]12O. The van der Waals surface area contributed by atoms with Crippen molar-refractivity contribution in [3.8, 4) is 0 Å². The molecule has 4 aliphatic carbocycles. The van der Waals surface area contributed by atoms with Crippen molar-refractivity contribution < 1.29 is 14.6 Å². The number of hydrogen-bond acceptors (Lipinski definition) is 5. The Balaban J connectivity index is 1.07. The van der Waals surface area contributed by atoms with Crippen molar-refractivity contribution in [3.05, 3.63) is 35.9 Å². The molecule has 5 nitrogen and oxygen atoms in total. The molecule has 0 aromatic heterocycles. The molecule has 0 unspecified atom stereocenters. The zero-order valence-corrected chi connectivity index (χ0v) is 26.7. The van der Waals surface area contributed by atoms with Gasteiger partial charge in [0, 0.05) is 18.5 Å². The number of aliphatic hydroxyl groups is 1. The van der Waals surface area contributed by atoms with Crippen LogP contribution in [0.4, 0.5) is 0 Å². The highest BCUT2D eigenvalue weighted by molar-refractivity contribution is 5.33. The van der Waals surface area contributed by atoms with Crippen LogP contribution >= 0.6 is 0 Å². The third-order valence-corrected chi connectivity index (χ3v) is 14.1. The average Bonchev–Trinajstić information content (AvgIpc) is 3.76. The van der Waals surface area contributed by atoms with Crippen molar-refractivity contribution in [1.82, 2.24) is 9.80 Å². The number of ether oxygens (including phenoxy) is 2. The molecule has 0 bridgehead atoms. The molecule has 7 rings (SSSR count). The Hall–Kier alpha value is -0.980. The summed E-state index contributed by atoms with van der Waals surface area (Å²) in [5, 5.41) is 13.0. The molecule has 4 saturated carbocycles. The van der Waals surface area contributed by atoms with Gasteiger partial charge in [-0.05, 0) is 138 Å². The lowest BCUT2D eigenvalue weighted by Gasteiger charge is -2.65. The molecular formula is C37H58N2O3. The van der Waals surface area contributed by atoms with Crippen LogP contribution in [0, 0.1) is 28.6 Å². The second-order valence-electron chi connectivity index (χ2n) is 15.7. The number of hydrogen-bond donors (Lipinski definition) is 1. The molecule has 1 aromatic carbocycles. The van der Waals surface area contributed by atoms with E-state index in [0.29, 0.717) is 23.4 Å². The second-order valence-corrected chi connectivity index (χ2v) is 15.7. The van der Waals surface area contributed by atoms with Gasteiger partial charge in [-0.25, -0.2) is 0 Å². The standard InChI is InChI=1S/C37H58N2O3/c1-34-16-14-31(41-26-24-38-20-6-7-21-38)28-30(34)12-13-33-32(34)15-17-35(2)36(33,40)18-19-37(35,29-10-4-3-5-11-29)42-27-25-39-22-8-9-23-39/h3-5,10-11,30-33,40H,6-9,12-28H2,1-2H3/t30-,31-,32-,33+,34-,35-,36-,37+/m0/s1. The molecule has 42 heavy (non-hydrogen) atoms. The molecule has 0 amide bonds. The molecule has 2 aliphatic heterocycles. The monoisotopic (exact) mass is 578 g/mol. The van der Waals surface area contributed by atoms with Gasteiger partial charge in [0.15, 0.2) is 0 Å². The summed E-state index contributed by atoms with van der Waals surface area (Å²) in [5.41, 5.74) is 0.258. The second kappa shape index (κ2) is 11.7. The highest BCUT2D eigenvalue weighted by Crippen LogP contribution is 2.72. The average molecular weight is 579 g/mol. The first-order valence-electron chi connectivity index (χ1n) is 17.9. The van der Waals surface area contributed by atoms with Crippen LogP contribution in [-0.2, 0) is 15.1 Å². The predicted octanol–water partition coefficient (Wildman–Crippen LogP) is 6.63. The zero-order valence-electron chi connectivity index (χ0n) is 26.7. The van der Waals surface area contributed by atoms with Crippen LogP contribution in [0.2, 0.25) is 0 Å². The number of fused-ring (bicyclic) bond motifs is 5. The van der Waals surface area contributed by atoms with Gasteiger partial charge in [-0.2, -0.15) is 0 Å². The van der Waals surface area contributed by atoms with Gasteiger partial charge in [0.2, 0.25) is 0 Å². The number of nitrogens with zero attached hydrogens (tertiary/aromatic N) is 2. The topological polar surface area (TPSA) is 45.2 Å². The lowest BCUT2D eigenvalue weighted by atomic mass is 9.42. The fraction of sp³-hybridized carbons (Fsp3) is 0.838. The van der Waals surface area contributed by atoms with E-state index in [0.717, 1.165) is 57.9 Å². The third-order valence-electron chi connectivity index (χ3n) is 14.1. The van der Waals surface area contributed by atoms with Gasteiger partial charge in [0.25, 0.3) is 0 Å². The van der Waals surface area contributed by atoms with E-state index in [2.05, 4.69) is 54.0 Å². The summed E-state index contributed by atoms with van der Waals surface area (Å²) in [6, 6.07) is 11.0. The minimum Gasteiger partial charge on any atom is -0.389 e. The maximum absolute atomic E-state index is 13.0. The van der Waals surface area contributed by atoms with Crippen LogP contribution in [0.5, 0.6) is 0 Å². The van der Waals surface area contributed by atoms with Crippen LogP contribution in [0.25, 0.3) is 0 Å². The molecule has 234 valence electrons. The molecule has 1 N–H and O–H groups in total. The summed E-state index contributed by atoms with van der Waals surface area (Å²) in [6.07, 6.45) is 15.9. The van der Waals surface area contributed by atoms with Gasteiger partial charge in [0.1, 0.15) is 5.60 Å². The molecule has 5 heteroatoms. The van der Waals surface area contributed by atoms with Crippen molar-refractivity contribution in [2.45, 2.75) is 115 Å². The van der Waals surface area contributed by atoms with Crippen molar-refractivity contribution in [2.24, 2.45) is 28.6 Å². The quantitative estimate of drug-likeness (QED) is 0.356. The largest absolute Gasteiger partial charge is 0.389 e. The van der Waals surface area contributed by atoms with E-state index in [9.17, 15) is 5.11 Å². The summed E-state index contributed by atoms with van der Waals surface area (Å²) >= 11 is 0. The number of benzene rings is 1. The lowest BCUT2D eigenvalue weighted by molar-refractivity contribution is -0.249. The van der Waals surface area contributed by atoms with E-state index < -0.39 is 11.2 Å². The Labute approximate surface area is 255 Å². The van der Waals surface area contributed by atoms with Crippen LogP contribution in [0.3, 0.4) is 0 Å². The van der Waals surface area contributed by atoms with Crippen molar-refractivity contribution in [2.75, 3.05) is 52.5 Å². The van der Waals surface area contributed by atoms with E-state index >= 15 is 0 Å². The van der Waals surface area contributed by atoms with Gasteiger partial charge in [-0.3, -0.25) is 0 Å². The Morgan fingerprint density at radius 1 is 0.762 bits per heavy atom. The summed E-state index contributed by atoms with van der Waals surface area (Å²) in [4.78, 5) is 5.14. The van der Waals surface area contributed by atoms with Crippen LogP contribution in [-0.4, -0.2) is 79.1 Å². The highest BCUT2D eigenvalue weighted by Gasteiger charge is 2.72. The van der Waals surface area contributed by atoms with Gasteiger partial charge in [0.05, 0.1) is 24.9 Å². The van der Waals surface area contributed by atoms with E-state index in [1.54, 1.807) is 0 Å². The fourth-order valence-corrected chi connectivity index (χ4v) is 11.5. The van der Waals surface area contributed by atoms with Crippen molar-refractivity contribution >= 4 is 0 Å². The van der Waals surface area contributed by atoms with Gasteiger partial charge < -0.3 is 24.4 Å². The molecule has 0 spiro atoms. The highest BCUT2D eigenvalue weighted by atomic mass is 16.5. The molecule has 8 atom stereocenters. The van der Waals surface area contributed by atoms with E-state index in [1.807, 2.05) is 0 Å². The maximum atomic E-state index is 13.0. The fourth-order valence-electron chi connectivity index (χ4n) is 11.5. The van der Waals surface area contributed by atoms with Gasteiger partial charge >= 0.3 is 0 Å². The molecular weight excluding hydrogens is 520 g/mol. The van der Waals surface area contributed by atoms with Crippen LogP contribution < -0.4 is 0 Å². The number of rotatable bonds is 9. The summed E-state index contributed by atoms with van der Waals surface area (Å²) in [6.45, 7) is 13.7. The Morgan fingerprint density at radius 3 is 2.17 bits per heavy atom. The van der Waals surface area contributed by atoms with Crippen LogP contribution in [0.15, 0.2) is 30.3 Å². The first-order valence-corrected chi connectivity index (χ1v) is 17.9. The first-order chi connectivity index (χ1) is 20.4. The molecule has 0 radical (unpaired) electrons. The summed E-state index contributed by atoms with van der Waals surface area (Å²) in [5.74, 6) is 1.71. The molecule has 2 heterocycles. The Bertz CT molecular complexity index is 1060. The minimum atomic E-state index is -0.670. The Morgan fingerprint density at radius 2 is 1.45 bits per heavy atom. The molecule has 6 aliphatic rings.